The summed E-state index contributed by atoms with van der Waals surface area (Å²) in [5.74, 6) is 1.05. The third kappa shape index (κ3) is 2.72. The van der Waals surface area contributed by atoms with E-state index in [0.717, 1.165) is 44.8 Å². The van der Waals surface area contributed by atoms with E-state index >= 15 is 0 Å². The Kier molecular flexibility index (Phi) is 4.37. The first-order valence-corrected chi connectivity index (χ1v) is 8.84. The van der Waals surface area contributed by atoms with E-state index in [1.54, 1.807) is 4.90 Å². The molecule has 1 heterocycles. The summed E-state index contributed by atoms with van der Waals surface area (Å²) in [6.45, 7) is 2.58. The molecule has 0 bridgehead atoms. The highest BCUT2D eigenvalue weighted by atomic mass is 16.2. The van der Waals surface area contributed by atoms with Crippen LogP contribution in [0.25, 0.3) is 0 Å². The maximum atomic E-state index is 12.9. The summed E-state index contributed by atoms with van der Waals surface area (Å²) in [6, 6.07) is 0. The lowest BCUT2D eigenvalue weighted by Gasteiger charge is -2.31. The van der Waals surface area contributed by atoms with Gasteiger partial charge in [0.15, 0.2) is 0 Å². The van der Waals surface area contributed by atoms with Crippen LogP contribution in [-0.4, -0.2) is 29.5 Å². The molecule has 122 valence electrons. The molecule has 0 aromatic carbocycles. The maximum absolute atomic E-state index is 12.9. The van der Waals surface area contributed by atoms with E-state index < -0.39 is 5.41 Å². The molecule has 1 atom stereocenters. The van der Waals surface area contributed by atoms with Crippen LogP contribution in [0.1, 0.15) is 64.7 Å². The van der Waals surface area contributed by atoms with Gasteiger partial charge in [-0.25, -0.2) is 0 Å². The molecule has 1 unspecified atom stereocenters. The van der Waals surface area contributed by atoms with Crippen molar-refractivity contribution >= 4 is 18.1 Å². The second kappa shape index (κ2) is 6.13. The number of nitrogens with zero attached hydrogens (tertiary/aromatic N) is 1. The Morgan fingerprint density at radius 3 is 2.32 bits per heavy atom. The van der Waals surface area contributed by atoms with Crippen molar-refractivity contribution in [3.05, 3.63) is 0 Å². The summed E-state index contributed by atoms with van der Waals surface area (Å²) < 4.78 is 0. The molecule has 1 aliphatic heterocycles. The molecule has 2 amide bonds. The average molecular weight is 305 g/mol. The number of amides is 2. The highest BCUT2D eigenvalue weighted by molar-refractivity contribution is 6.05. The quantitative estimate of drug-likeness (QED) is 0.593. The van der Waals surface area contributed by atoms with Crippen LogP contribution in [0.15, 0.2) is 0 Å². The van der Waals surface area contributed by atoms with Crippen molar-refractivity contribution < 1.29 is 14.4 Å². The van der Waals surface area contributed by atoms with Crippen molar-refractivity contribution in [2.24, 2.45) is 23.2 Å². The van der Waals surface area contributed by atoms with Gasteiger partial charge in [-0.2, -0.15) is 0 Å². The molecule has 2 saturated carbocycles. The third-order valence-electron chi connectivity index (χ3n) is 6.33. The molecule has 3 fully saturated rings. The fraction of sp³-hybridized carbons (Fsp3) is 0.833. The molecule has 22 heavy (non-hydrogen) atoms. The van der Waals surface area contributed by atoms with Crippen LogP contribution in [0.5, 0.6) is 0 Å². The standard InChI is InChI=1S/C18H27NO3/c1-18(15-4-2-3-5-15)10-16(21)19(17(18)22)11-13-6-8-14(12-20)9-7-13/h12-15H,2-11H2,1H3. The SMILES string of the molecule is CC1(C2CCCC2)CC(=O)N(CC2CCC(C=O)CC2)C1=O. The monoisotopic (exact) mass is 305 g/mol. The van der Waals surface area contributed by atoms with Crippen molar-refractivity contribution in [3.8, 4) is 0 Å². The van der Waals surface area contributed by atoms with E-state index in [9.17, 15) is 14.4 Å². The van der Waals surface area contributed by atoms with Crippen LogP contribution >= 0.6 is 0 Å². The van der Waals surface area contributed by atoms with Gasteiger partial charge in [0.05, 0.1) is 5.41 Å². The second-order valence-corrected chi connectivity index (χ2v) is 7.80. The first-order valence-electron chi connectivity index (χ1n) is 8.84. The Balaban J connectivity index is 1.63. The number of hydrogen-bond acceptors (Lipinski definition) is 3. The third-order valence-corrected chi connectivity index (χ3v) is 6.33. The Bertz CT molecular complexity index is 461. The van der Waals surface area contributed by atoms with E-state index in [-0.39, 0.29) is 17.7 Å². The largest absolute Gasteiger partial charge is 0.303 e. The fourth-order valence-electron chi connectivity index (χ4n) is 4.74. The predicted octanol–water partition coefficient (Wildman–Crippen LogP) is 2.95. The molecule has 0 aromatic rings. The van der Waals surface area contributed by atoms with E-state index in [4.69, 9.17) is 0 Å². The van der Waals surface area contributed by atoms with Gasteiger partial charge in [0.25, 0.3) is 0 Å². The van der Waals surface area contributed by atoms with E-state index in [1.165, 1.54) is 12.8 Å². The van der Waals surface area contributed by atoms with Crippen molar-refractivity contribution in [3.63, 3.8) is 0 Å². The topological polar surface area (TPSA) is 54.5 Å². The highest BCUT2D eigenvalue weighted by Gasteiger charge is 2.53. The minimum Gasteiger partial charge on any atom is -0.303 e. The molecule has 3 aliphatic rings. The van der Waals surface area contributed by atoms with Crippen LogP contribution in [0.4, 0.5) is 0 Å². The van der Waals surface area contributed by atoms with Crippen LogP contribution in [0, 0.1) is 23.2 Å². The van der Waals surface area contributed by atoms with Crippen molar-refractivity contribution in [1.82, 2.24) is 4.90 Å². The van der Waals surface area contributed by atoms with E-state index in [2.05, 4.69) is 0 Å². The Labute approximate surface area is 132 Å². The van der Waals surface area contributed by atoms with Crippen LogP contribution in [0.2, 0.25) is 0 Å². The lowest BCUT2D eigenvalue weighted by molar-refractivity contribution is -0.143. The second-order valence-electron chi connectivity index (χ2n) is 7.80. The highest BCUT2D eigenvalue weighted by Crippen LogP contribution is 2.47. The smallest absolute Gasteiger partial charge is 0.235 e. The van der Waals surface area contributed by atoms with Gasteiger partial charge in [0.2, 0.25) is 11.8 Å². The Morgan fingerprint density at radius 2 is 1.73 bits per heavy atom. The van der Waals surface area contributed by atoms with Crippen molar-refractivity contribution in [2.75, 3.05) is 6.54 Å². The van der Waals surface area contributed by atoms with Crippen LogP contribution in [-0.2, 0) is 14.4 Å². The summed E-state index contributed by atoms with van der Waals surface area (Å²) >= 11 is 0. The van der Waals surface area contributed by atoms with Gasteiger partial charge in [-0.1, -0.05) is 12.8 Å². The lowest BCUT2D eigenvalue weighted by Crippen LogP contribution is -2.40. The molecular formula is C18H27NO3. The number of hydrogen-bond donors (Lipinski definition) is 0. The maximum Gasteiger partial charge on any atom is 0.235 e. The number of carbonyl (C=O) groups is 3. The van der Waals surface area contributed by atoms with Gasteiger partial charge in [0, 0.05) is 18.9 Å². The zero-order valence-corrected chi connectivity index (χ0v) is 13.6. The number of carbonyl (C=O) groups excluding carboxylic acids is 3. The number of rotatable bonds is 4. The normalized spacial score (nSPS) is 37.0. The molecule has 0 spiro atoms. The van der Waals surface area contributed by atoms with Crippen molar-refractivity contribution in [2.45, 2.75) is 64.7 Å². The molecule has 0 N–H and O–H groups in total. The van der Waals surface area contributed by atoms with Crippen molar-refractivity contribution in [1.29, 1.82) is 0 Å². The van der Waals surface area contributed by atoms with Gasteiger partial charge in [-0.3, -0.25) is 14.5 Å². The fourth-order valence-corrected chi connectivity index (χ4v) is 4.74. The molecule has 1 saturated heterocycles. The summed E-state index contributed by atoms with van der Waals surface area (Å²) in [5.41, 5.74) is -0.451. The minimum absolute atomic E-state index is 0.0249. The molecule has 4 heteroatoms. The zero-order chi connectivity index (χ0) is 15.7. The lowest BCUT2D eigenvalue weighted by atomic mass is 9.74. The number of aldehydes is 1. The molecule has 0 aromatic heterocycles. The van der Waals surface area contributed by atoms with E-state index in [1.807, 2.05) is 6.92 Å². The van der Waals surface area contributed by atoms with Crippen LogP contribution in [0.3, 0.4) is 0 Å². The molecule has 4 nitrogen and oxygen atoms in total. The molecule has 2 aliphatic carbocycles. The van der Waals surface area contributed by atoms with Gasteiger partial charge in [-0.15, -0.1) is 0 Å². The van der Waals surface area contributed by atoms with Gasteiger partial charge >= 0.3 is 0 Å². The molecule has 0 radical (unpaired) electrons. The van der Waals surface area contributed by atoms with Gasteiger partial charge in [-0.05, 0) is 57.3 Å². The average Bonchev–Trinajstić information content (AvgIpc) is 3.13. The Hall–Kier alpha value is -1.19. The molecule has 3 rings (SSSR count). The first-order chi connectivity index (χ1) is 10.5. The predicted molar refractivity (Wildman–Crippen MR) is 82.9 cm³/mol. The van der Waals surface area contributed by atoms with Gasteiger partial charge in [0.1, 0.15) is 6.29 Å². The first kappa shape index (κ1) is 15.7. The van der Waals surface area contributed by atoms with E-state index in [0.29, 0.717) is 24.8 Å². The number of imide groups is 1. The number of likely N-dealkylation sites (tertiary alicyclic amines) is 1. The van der Waals surface area contributed by atoms with Gasteiger partial charge < -0.3 is 4.79 Å². The minimum atomic E-state index is -0.451. The summed E-state index contributed by atoms with van der Waals surface area (Å²) in [7, 11) is 0. The summed E-state index contributed by atoms with van der Waals surface area (Å²) in [4.78, 5) is 37.6. The summed E-state index contributed by atoms with van der Waals surface area (Å²) in [6.07, 6.45) is 9.76. The Morgan fingerprint density at radius 1 is 1.09 bits per heavy atom. The molecular weight excluding hydrogens is 278 g/mol. The zero-order valence-electron chi connectivity index (χ0n) is 13.6. The van der Waals surface area contributed by atoms with Crippen LogP contribution < -0.4 is 0 Å². The summed E-state index contributed by atoms with van der Waals surface area (Å²) in [5, 5.41) is 0.